The lowest BCUT2D eigenvalue weighted by Gasteiger charge is -2.14. The summed E-state index contributed by atoms with van der Waals surface area (Å²) in [6.07, 6.45) is 1.97. The summed E-state index contributed by atoms with van der Waals surface area (Å²) in [5.41, 5.74) is 0.975. The van der Waals surface area contributed by atoms with Gasteiger partial charge in [-0.2, -0.15) is 0 Å². The van der Waals surface area contributed by atoms with E-state index in [1.54, 1.807) is 23.1 Å². The van der Waals surface area contributed by atoms with Crippen molar-refractivity contribution in [3.63, 3.8) is 0 Å². The first kappa shape index (κ1) is 17.1. The summed E-state index contributed by atoms with van der Waals surface area (Å²) in [5, 5.41) is 3.50. The fraction of sp³-hybridized carbons (Fsp3) is 0.238. The highest BCUT2D eigenvalue weighted by molar-refractivity contribution is 6.11. The van der Waals surface area contributed by atoms with Gasteiger partial charge >= 0.3 is 0 Å². The molecule has 0 atom stereocenters. The van der Waals surface area contributed by atoms with Crippen LogP contribution in [0.3, 0.4) is 0 Å². The van der Waals surface area contributed by atoms with E-state index in [1.165, 1.54) is 0 Å². The second-order valence-corrected chi connectivity index (χ2v) is 6.45. The van der Waals surface area contributed by atoms with E-state index in [1.807, 2.05) is 36.4 Å². The molecule has 0 radical (unpaired) electrons. The molecule has 2 aromatic carbocycles. The molecule has 138 valence electrons. The van der Waals surface area contributed by atoms with E-state index in [9.17, 15) is 9.59 Å². The molecule has 0 spiro atoms. The van der Waals surface area contributed by atoms with E-state index in [0.717, 1.165) is 12.8 Å². The van der Waals surface area contributed by atoms with Crippen LogP contribution in [-0.4, -0.2) is 36.4 Å². The van der Waals surface area contributed by atoms with Crippen molar-refractivity contribution in [3.05, 3.63) is 60.4 Å². The Kier molecular flexibility index (Phi) is 4.78. The molecular formula is C21H20N2O4. The van der Waals surface area contributed by atoms with Gasteiger partial charge in [-0.1, -0.05) is 30.3 Å². The molecule has 6 nitrogen and oxygen atoms in total. The first-order valence-corrected chi connectivity index (χ1v) is 9.01. The highest BCUT2D eigenvalue weighted by atomic mass is 16.5. The molecule has 3 aromatic rings. The summed E-state index contributed by atoms with van der Waals surface area (Å²) in [6, 6.07) is 16.4. The monoisotopic (exact) mass is 364 g/mol. The van der Waals surface area contributed by atoms with Crippen LogP contribution in [0, 0.1) is 0 Å². The van der Waals surface area contributed by atoms with Gasteiger partial charge in [-0.25, -0.2) is 0 Å². The van der Waals surface area contributed by atoms with E-state index in [0.29, 0.717) is 35.5 Å². The van der Waals surface area contributed by atoms with Gasteiger partial charge in [0.05, 0.1) is 0 Å². The van der Waals surface area contributed by atoms with Crippen LogP contribution in [0.4, 0.5) is 5.69 Å². The van der Waals surface area contributed by atoms with Crippen LogP contribution in [0.15, 0.2) is 59.0 Å². The number of benzene rings is 2. The Bertz CT molecular complexity index is 959. The third-order valence-electron chi connectivity index (χ3n) is 4.56. The van der Waals surface area contributed by atoms with Gasteiger partial charge in [-0.05, 0) is 37.1 Å². The molecule has 1 aliphatic heterocycles. The van der Waals surface area contributed by atoms with Crippen molar-refractivity contribution in [1.82, 2.24) is 4.90 Å². The van der Waals surface area contributed by atoms with Crippen molar-refractivity contribution in [1.29, 1.82) is 0 Å². The lowest BCUT2D eigenvalue weighted by atomic mass is 10.2. The van der Waals surface area contributed by atoms with Gasteiger partial charge in [0.25, 0.3) is 11.8 Å². The molecule has 0 aliphatic carbocycles. The number of nitrogens with one attached hydrogen (secondary N) is 1. The average Bonchev–Trinajstić information content (AvgIpc) is 3.36. The molecule has 27 heavy (non-hydrogen) atoms. The van der Waals surface area contributed by atoms with E-state index in [4.69, 9.17) is 9.15 Å². The lowest BCUT2D eigenvalue weighted by molar-refractivity contribution is -0.118. The molecule has 0 saturated carbocycles. The van der Waals surface area contributed by atoms with Gasteiger partial charge in [0.15, 0.2) is 6.61 Å². The van der Waals surface area contributed by atoms with E-state index in [-0.39, 0.29) is 24.2 Å². The SMILES string of the molecule is O=C(COc1ccccc1)Nc1c(C(=O)N2CCCC2)oc2ccccc12. The Labute approximate surface area is 156 Å². The van der Waals surface area contributed by atoms with Crippen LogP contribution in [0.25, 0.3) is 11.0 Å². The molecule has 1 N–H and O–H groups in total. The number of likely N-dealkylation sites (tertiary alicyclic amines) is 1. The van der Waals surface area contributed by atoms with E-state index < -0.39 is 0 Å². The van der Waals surface area contributed by atoms with Crippen molar-refractivity contribution in [2.75, 3.05) is 25.0 Å². The number of anilines is 1. The van der Waals surface area contributed by atoms with E-state index in [2.05, 4.69) is 5.32 Å². The molecule has 1 aliphatic rings. The zero-order valence-electron chi connectivity index (χ0n) is 14.8. The Hall–Kier alpha value is -3.28. The maximum atomic E-state index is 12.8. The Morgan fingerprint density at radius 3 is 2.48 bits per heavy atom. The number of hydrogen-bond donors (Lipinski definition) is 1. The first-order chi connectivity index (χ1) is 13.2. The first-order valence-electron chi connectivity index (χ1n) is 9.01. The quantitative estimate of drug-likeness (QED) is 0.749. The van der Waals surface area contributed by atoms with Crippen LogP contribution in [0.1, 0.15) is 23.4 Å². The fourth-order valence-electron chi connectivity index (χ4n) is 3.23. The summed E-state index contributed by atoms with van der Waals surface area (Å²) < 4.78 is 11.3. The van der Waals surface area contributed by atoms with Crippen LogP contribution < -0.4 is 10.1 Å². The number of hydrogen-bond acceptors (Lipinski definition) is 4. The highest BCUT2D eigenvalue weighted by Crippen LogP contribution is 2.32. The predicted octanol–water partition coefficient (Wildman–Crippen LogP) is 3.69. The van der Waals surface area contributed by atoms with Crippen molar-refractivity contribution in [2.24, 2.45) is 0 Å². The number of nitrogens with zero attached hydrogens (tertiary/aromatic N) is 1. The zero-order valence-corrected chi connectivity index (χ0v) is 14.8. The molecule has 4 rings (SSSR count). The summed E-state index contributed by atoms with van der Waals surface area (Å²) in [7, 11) is 0. The molecular weight excluding hydrogens is 344 g/mol. The number of amides is 2. The summed E-state index contributed by atoms with van der Waals surface area (Å²) >= 11 is 0. The van der Waals surface area contributed by atoms with Gasteiger partial charge < -0.3 is 19.4 Å². The molecule has 1 aromatic heterocycles. The molecule has 2 amide bonds. The molecule has 0 bridgehead atoms. The Morgan fingerprint density at radius 2 is 1.70 bits per heavy atom. The third-order valence-corrected chi connectivity index (χ3v) is 4.56. The molecule has 6 heteroatoms. The topological polar surface area (TPSA) is 71.8 Å². The number of carbonyl (C=O) groups excluding carboxylic acids is 2. The average molecular weight is 364 g/mol. The third kappa shape index (κ3) is 3.65. The van der Waals surface area contributed by atoms with Crippen molar-refractivity contribution < 1.29 is 18.7 Å². The second-order valence-electron chi connectivity index (χ2n) is 6.45. The number of rotatable bonds is 5. The normalized spacial score (nSPS) is 13.7. The Balaban J connectivity index is 1.56. The number of carbonyl (C=O) groups is 2. The van der Waals surface area contributed by atoms with Gasteiger partial charge in [0, 0.05) is 18.5 Å². The molecule has 2 heterocycles. The number of furan rings is 1. The summed E-state index contributed by atoms with van der Waals surface area (Å²) in [6.45, 7) is 1.27. The number of fused-ring (bicyclic) bond motifs is 1. The summed E-state index contributed by atoms with van der Waals surface area (Å²) in [5.74, 6) is 0.244. The minimum Gasteiger partial charge on any atom is -0.484 e. The smallest absolute Gasteiger partial charge is 0.291 e. The maximum Gasteiger partial charge on any atom is 0.291 e. The molecule has 1 fully saturated rings. The maximum absolute atomic E-state index is 12.8. The zero-order chi connectivity index (χ0) is 18.6. The van der Waals surface area contributed by atoms with Gasteiger partial charge in [0.1, 0.15) is 17.0 Å². The van der Waals surface area contributed by atoms with Crippen molar-refractivity contribution in [3.8, 4) is 5.75 Å². The minimum absolute atomic E-state index is 0.152. The standard InChI is InChI=1S/C21H20N2O4/c24-18(14-26-15-8-2-1-3-9-15)22-19-16-10-4-5-11-17(16)27-20(19)21(25)23-12-6-7-13-23/h1-5,8-11H,6-7,12-14H2,(H,22,24). The van der Waals surface area contributed by atoms with E-state index >= 15 is 0 Å². The molecule has 0 unspecified atom stereocenters. The van der Waals surface area contributed by atoms with Crippen LogP contribution in [-0.2, 0) is 4.79 Å². The van der Waals surface area contributed by atoms with Crippen molar-refractivity contribution in [2.45, 2.75) is 12.8 Å². The second kappa shape index (κ2) is 7.53. The Morgan fingerprint density at radius 1 is 1.00 bits per heavy atom. The summed E-state index contributed by atoms with van der Waals surface area (Å²) in [4.78, 5) is 27.0. The van der Waals surface area contributed by atoms with Crippen molar-refractivity contribution >= 4 is 28.5 Å². The van der Waals surface area contributed by atoms with Crippen LogP contribution >= 0.6 is 0 Å². The molecule has 1 saturated heterocycles. The van der Waals surface area contributed by atoms with Gasteiger partial charge in [0.2, 0.25) is 5.76 Å². The fourth-order valence-corrected chi connectivity index (χ4v) is 3.23. The largest absolute Gasteiger partial charge is 0.484 e. The van der Waals surface area contributed by atoms with Crippen LogP contribution in [0.2, 0.25) is 0 Å². The van der Waals surface area contributed by atoms with Crippen LogP contribution in [0.5, 0.6) is 5.75 Å². The number of para-hydroxylation sites is 2. The lowest BCUT2D eigenvalue weighted by Crippen LogP contribution is -2.29. The minimum atomic E-state index is -0.346. The number of ether oxygens (including phenoxy) is 1. The highest BCUT2D eigenvalue weighted by Gasteiger charge is 2.28. The van der Waals surface area contributed by atoms with Gasteiger partial charge in [-0.15, -0.1) is 0 Å². The van der Waals surface area contributed by atoms with Gasteiger partial charge in [-0.3, -0.25) is 9.59 Å². The predicted molar refractivity (Wildman–Crippen MR) is 102 cm³/mol.